The second-order valence-corrected chi connectivity index (χ2v) is 39.3. The highest BCUT2D eigenvalue weighted by Gasteiger charge is 2.65. The highest BCUT2D eigenvalue weighted by atomic mass is 35.9. The van der Waals surface area contributed by atoms with Crippen molar-refractivity contribution in [3.63, 3.8) is 0 Å². The summed E-state index contributed by atoms with van der Waals surface area (Å²) in [7, 11) is -4.60. The fourth-order valence-electron chi connectivity index (χ4n) is 3.48. The minimum absolute atomic E-state index is 1.23. The minimum atomic E-state index is -3.35. The first-order chi connectivity index (χ1) is 11.8. The highest BCUT2D eigenvalue weighted by Crippen LogP contribution is 2.44. The van der Waals surface area contributed by atoms with E-state index in [9.17, 15) is 0 Å². The van der Waals surface area contributed by atoms with Gasteiger partial charge in [0.25, 0.3) is 0 Å². The third-order valence-electron chi connectivity index (χ3n) is 4.70. The zero-order valence-electron chi connectivity index (χ0n) is 15.1. The van der Waals surface area contributed by atoms with Gasteiger partial charge in [0, 0.05) is 0 Å². The fourth-order valence-corrected chi connectivity index (χ4v) is 41.5. The van der Waals surface area contributed by atoms with Crippen molar-refractivity contribution in [1.82, 2.24) is 3.90 Å². The maximum absolute atomic E-state index is 7.01. The molecule has 0 fully saturated rings. The quantitative estimate of drug-likeness (QED) is 0.353. The highest BCUT2D eigenvalue weighted by molar-refractivity contribution is 8.02. The largest absolute Gasteiger partial charge is 0.375 e. The summed E-state index contributed by atoms with van der Waals surface area (Å²) in [5.74, 6) is 0. The summed E-state index contributed by atoms with van der Waals surface area (Å²) in [5, 5.41) is 2.47. The molecule has 0 atom stereocenters. The van der Waals surface area contributed by atoms with Gasteiger partial charge in [-0.2, -0.15) is 0 Å². The van der Waals surface area contributed by atoms with Crippen LogP contribution in [-0.4, -0.2) is 32.3 Å². The van der Waals surface area contributed by atoms with Crippen molar-refractivity contribution in [2.45, 2.75) is 26.2 Å². The van der Waals surface area contributed by atoms with E-state index in [4.69, 9.17) is 55.4 Å². The molecular formula is C16H22Cl5NSi4. The van der Waals surface area contributed by atoms with Gasteiger partial charge in [-0.3, -0.25) is 0 Å². The summed E-state index contributed by atoms with van der Waals surface area (Å²) < 4.78 is 2.33. The van der Waals surface area contributed by atoms with Crippen LogP contribution in [0.25, 0.3) is 0 Å². The lowest BCUT2D eigenvalue weighted by molar-refractivity contribution is 0.974. The lowest BCUT2D eigenvalue weighted by Gasteiger charge is -2.53. The molecule has 0 aliphatic rings. The monoisotopic (exact) mass is 515 g/mol. The van der Waals surface area contributed by atoms with Gasteiger partial charge in [0.2, 0.25) is 0 Å². The molecule has 0 bridgehead atoms. The molecule has 0 saturated carbocycles. The van der Waals surface area contributed by atoms with Gasteiger partial charge >= 0.3 is 11.9 Å². The van der Waals surface area contributed by atoms with Gasteiger partial charge in [-0.15, -0.1) is 55.4 Å². The zero-order valence-corrected chi connectivity index (χ0v) is 22.9. The molecule has 0 amide bonds. The molecule has 1 nitrogen and oxygen atoms in total. The smallest absolute Gasteiger partial charge is 0.337 e. The van der Waals surface area contributed by atoms with E-state index in [1.54, 1.807) is 0 Å². The summed E-state index contributed by atoms with van der Waals surface area (Å²) in [6, 6.07) is 20.7. The van der Waals surface area contributed by atoms with Crippen LogP contribution in [-0.2, 0) is 0 Å². The molecule has 2 aromatic carbocycles. The number of hydrogen-bond donors (Lipinski definition) is 0. The topological polar surface area (TPSA) is 3.24 Å². The average Bonchev–Trinajstić information content (AvgIpc) is 2.54. The van der Waals surface area contributed by atoms with Crippen LogP contribution < -0.4 is 10.4 Å². The normalized spacial score (nSPS) is 13.9. The molecule has 0 unspecified atom stereocenters. The molecule has 2 rings (SSSR count). The standard InChI is InChI=1S/C16H22Cl5NSi4/c1-23(2,15-11-7-5-8-12-15)22(26(20,21)25(17,18)19)24(3,4)16-13-9-6-10-14-16/h5-14H,1-4H3. The van der Waals surface area contributed by atoms with Gasteiger partial charge in [-0.1, -0.05) is 86.9 Å². The Kier molecular flexibility index (Phi) is 7.27. The Balaban J connectivity index is 2.72. The molecule has 10 heteroatoms. The number of rotatable bonds is 6. The van der Waals surface area contributed by atoms with Crippen LogP contribution in [0.1, 0.15) is 0 Å². The Labute approximate surface area is 183 Å². The molecule has 0 saturated heterocycles. The van der Waals surface area contributed by atoms with Crippen LogP contribution >= 0.6 is 55.4 Å². The van der Waals surface area contributed by atoms with Gasteiger partial charge < -0.3 is 3.90 Å². The van der Waals surface area contributed by atoms with E-state index < -0.39 is 28.4 Å². The van der Waals surface area contributed by atoms with Crippen LogP contribution in [0.15, 0.2) is 60.7 Å². The van der Waals surface area contributed by atoms with Gasteiger partial charge in [0.15, 0.2) is 0 Å². The Bertz CT molecular complexity index is 684. The van der Waals surface area contributed by atoms with E-state index in [1.165, 1.54) is 10.4 Å². The Morgan fingerprint density at radius 1 is 0.577 bits per heavy atom. The van der Waals surface area contributed by atoms with E-state index in [0.29, 0.717) is 0 Å². The predicted molar refractivity (Wildman–Crippen MR) is 130 cm³/mol. The van der Waals surface area contributed by atoms with Gasteiger partial charge in [0.1, 0.15) is 16.5 Å². The van der Waals surface area contributed by atoms with Crippen LogP contribution in [0.2, 0.25) is 26.2 Å². The van der Waals surface area contributed by atoms with Crippen LogP contribution in [0.3, 0.4) is 0 Å². The van der Waals surface area contributed by atoms with Crippen molar-refractivity contribution < 1.29 is 0 Å². The summed E-state index contributed by atoms with van der Waals surface area (Å²) >= 11 is 33.5. The van der Waals surface area contributed by atoms with Gasteiger partial charge in [-0.05, 0) is 10.4 Å². The van der Waals surface area contributed by atoms with Crippen molar-refractivity contribution >= 4 is 94.1 Å². The summed E-state index contributed by atoms with van der Waals surface area (Å²) in [5.41, 5.74) is -3.35. The van der Waals surface area contributed by atoms with Crippen LogP contribution in [0, 0.1) is 0 Å². The Morgan fingerprint density at radius 3 is 1.15 bits per heavy atom. The van der Waals surface area contributed by atoms with Crippen molar-refractivity contribution in [2.24, 2.45) is 0 Å². The molecule has 0 aliphatic heterocycles. The average molecular weight is 518 g/mol. The number of nitrogens with zero attached hydrogens (tertiary/aromatic N) is 1. The molecule has 0 heterocycles. The third-order valence-corrected chi connectivity index (χ3v) is 44.9. The molecule has 0 aromatic heterocycles. The molecule has 26 heavy (non-hydrogen) atoms. The Hall–Kier alpha value is 0.718. The Morgan fingerprint density at radius 2 is 0.885 bits per heavy atom. The molecule has 142 valence electrons. The third kappa shape index (κ3) is 4.48. The molecule has 0 radical (unpaired) electrons. The van der Waals surface area contributed by atoms with Crippen molar-refractivity contribution in [2.75, 3.05) is 0 Å². The number of benzene rings is 2. The second kappa shape index (κ2) is 8.22. The number of hydrogen-bond acceptors (Lipinski definition) is 1. The SMILES string of the molecule is C[Si](C)(c1ccccc1)N([Si](C)(C)c1ccccc1)[Si](Cl)(Cl)[Si](Cl)(Cl)Cl. The van der Waals surface area contributed by atoms with E-state index in [2.05, 4.69) is 54.4 Å². The zero-order chi connectivity index (χ0) is 19.8. The van der Waals surface area contributed by atoms with E-state index in [0.717, 1.165) is 0 Å². The second-order valence-electron chi connectivity index (χ2n) is 7.22. The first-order valence-corrected chi connectivity index (χ1v) is 24.1. The summed E-state index contributed by atoms with van der Waals surface area (Å²) in [6.45, 7) is 8.99. The van der Waals surface area contributed by atoms with Gasteiger partial charge in [-0.25, -0.2) is 0 Å². The van der Waals surface area contributed by atoms with Crippen molar-refractivity contribution in [1.29, 1.82) is 0 Å². The van der Waals surface area contributed by atoms with E-state index in [1.807, 2.05) is 36.4 Å². The molecule has 0 spiro atoms. The maximum atomic E-state index is 7.01. The van der Waals surface area contributed by atoms with Crippen molar-refractivity contribution in [3.05, 3.63) is 60.7 Å². The first-order valence-electron chi connectivity index (χ1n) is 8.19. The molecule has 0 N–H and O–H groups in total. The maximum Gasteiger partial charge on any atom is 0.375 e. The summed E-state index contributed by atoms with van der Waals surface area (Å²) in [6.07, 6.45) is -3.33. The lowest BCUT2D eigenvalue weighted by Crippen LogP contribution is -2.81. The predicted octanol–water partition coefficient (Wildman–Crippen LogP) is 5.66. The van der Waals surface area contributed by atoms with Crippen LogP contribution in [0.5, 0.6) is 0 Å². The summed E-state index contributed by atoms with van der Waals surface area (Å²) in [4.78, 5) is 0. The van der Waals surface area contributed by atoms with E-state index in [-0.39, 0.29) is 0 Å². The van der Waals surface area contributed by atoms with E-state index >= 15 is 0 Å². The van der Waals surface area contributed by atoms with Crippen molar-refractivity contribution in [3.8, 4) is 0 Å². The molecule has 2 aromatic rings. The van der Waals surface area contributed by atoms with Gasteiger partial charge in [0.05, 0.1) is 0 Å². The number of halogens is 5. The molecule has 0 aliphatic carbocycles. The molecular weight excluding hydrogens is 496 g/mol. The van der Waals surface area contributed by atoms with Crippen LogP contribution in [0.4, 0.5) is 0 Å². The fraction of sp³-hybridized carbons (Fsp3) is 0.250. The minimum Gasteiger partial charge on any atom is -0.337 e. The first kappa shape index (κ1) is 23.0. The lowest BCUT2D eigenvalue weighted by atomic mass is 10.4.